The Kier molecular flexibility index (Phi) is 1.92. The highest BCUT2D eigenvalue weighted by Gasteiger charge is 2.00. The average Bonchev–Trinajstić information content (AvgIpc) is 2.39. The third kappa shape index (κ3) is 1.49. The number of fused-ring (bicyclic) bond motifs is 1. The summed E-state index contributed by atoms with van der Waals surface area (Å²) in [5.74, 6) is 0. The molecule has 1 heterocycles. The molecule has 0 aliphatic carbocycles. The monoisotopic (exact) mass is 171 g/mol. The highest BCUT2D eigenvalue weighted by molar-refractivity contribution is 6.07. The Bertz CT molecular complexity index is 367. The lowest BCUT2D eigenvalue weighted by atomic mass is 10.3. The van der Waals surface area contributed by atoms with Crippen LogP contribution in [-0.4, -0.2) is 12.4 Å². The number of aliphatic imine (C=N–C) groups is 2. The fourth-order valence-corrected chi connectivity index (χ4v) is 1.09. The highest BCUT2D eigenvalue weighted by Crippen LogP contribution is 2.28. The van der Waals surface area contributed by atoms with E-state index in [1.165, 1.54) is 6.20 Å². The number of nitrogens with two attached hydrogens (primary N) is 1. The number of para-hydroxylation sites is 2. The van der Waals surface area contributed by atoms with Gasteiger partial charge in [0.1, 0.15) is 0 Å². The van der Waals surface area contributed by atoms with E-state index < -0.39 is 0 Å². The number of hydrogen-bond acceptors (Lipinski definition) is 3. The number of benzene rings is 1. The summed E-state index contributed by atoms with van der Waals surface area (Å²) in [5.41, 5.74) is 7.92. The third-order valence-corrected chi connectivity index (χ3v) is 1.78. The summed E-state index contributed by atoms with van der Waals surface area (Å²) >= 11 is 0. The van der Waals surface area contributed by atoms with Gasteiger partial charge in [-0.05, 0) is 12.1 Å². The maximum Gasteiger partial charge on any atom is 0.0886 e. The van der Waals surface area contributed by atoms with Crippen LogP contribution in [0.1, 0.15) is 0 Å². The minimum absolute atomic E-state index is 0.816. The van der Waals surface area contributed by atoms with Gasteiger partial charge in [0.25, 0.3) is 0 Å². The second kappa shape index (κ2) is 3.23. The molecule has 1 aromatic carbocycles. The van der Waals surface area contributed by atoms with Gasteiger partial charge >= 0.3 is 0 Å². The van der Waals surface area contributed by atoms with Crippen LogP contribution in [-0.2, 0) is 0 Å². The van der Waals surface area contributed by atoms with E-state index in [-0.39, 0.29) is 0 Å². The topological polar surface area (TPSA) is 50.7 Å². The average molecular weight is 171 g/mol. The zero-order chi connectivity index (χ0) is 9.10. The summed E-state index contributed by atoms with van der Waals surface area (Å²) in [6.45, 7) is 0. The van der Waals surface area contributed by atoms with E-state index in [1.54, 1.807) is 12.4 Å². The van der Waals surface area contributed by atoms with Gasteiger partial charge in [-0.1, -0.05) is 12.1 Å². The Labute approximate surface area is 76.3 Å². The second-order valence-electron chi connectivity index (χ2n) is 2.67. The minimum Gasteiger partial charge on any atom is -0.404 e. The maximum atomic E-state index is 5.36. The van der Waals surface area contributed by atoms with Gasteiger partial charge in [-0.2, -0.15) is 0 Å². The molecule has 3 heteroatoms. The molecule has 0 saturated carbocycles. The van der Waals surface area contributed by atoms with Crippen molar-refractivity contribution in [3.8, 4) is 0 Å². The number of hydrogen-bond donors (Lipinski definition) is 1. The largest absolute Gasteiger partial charge is 0.404 e. The zero-order valence-electron chi connectivity index (χ0n) is 7.01. The molecule has 2 rings (SSSR count). The van der Waals surface area contributed by atoms with Crippen LogP contribution in [0.3, 0.4) is 0 Å². The Morgan fingerprint density at radius 1 is 1.00 bits per heavy atom. The first-order valence-corrected chi connectivity index (χ1v) is 3.99. The van der Waals surface area contributed by atoms with Crippen molar-refractivity contribution in [3.05, 3.63) is 36.0 Å². The number of rotatable bonds is 0. The van der Waals surface area contributed by atoms with E-state index in [4.69, 9.17) is 5.73 Å². The molecular formula is C10H9N3. The van der Waals surface area contributed by atoms with E-state index in [2.05, 4.69) is 9.98 Å². The van der Waals surface area contributed by atoms with Gasteiger partial charge in [0.05, 0.1) is 11.4 Å². The van der Waals surface area contributed by atoms with Crippen LogP contribution < -0.4 is 5.73 Å². The van der Waals surface area contributed by atoms with Gasteiger partial charge in [0.2, 0.25) is 0 Å². The molecule has 1 aliphatic rings. The molecular weight excluding hydrogens is 162 g/mol. The SMILES string of the molecule is NC=C1C=Nc2ccccc2N=C1. The van der Waals surface area contributed by atoms with Crippen molar-refractivity contribution in [2.24, 2.45) is 15.7 Å². The Morgan fingerprint density at radius 3 is 2.00 bits per heavy atom. The molecule has 0 unspecified atom stereocenters. The van der Waals surface area contributed by atoms with Crippen molar-refractivity contribution < 1.29 is 0 Å². The molecule has 13 heavy (non-hydrogen) atoms. The summed E-state index contributed by atoms with van der Waals surface area (Å²) in [6, 6.07) is 7.71. The molecule has 0 radical (unpaired) electrons. The molecule has 2 N–H and O–H groups in total. The molecule has 0 spiro atoms. The van der Waals surface area contributed by atoms with Crippen molar-refractivity contribution in [1.82, 2.24) is 0 Å². The lowest BCUT2D eigenvalue weighted by molar-refractivity contribution is 1.48. The first-order chi connectivity index (χ1) is 6.40. The van der Waals surface area contributed by atoms with E-state index in [0.717, 1.165) is 16.9 Å². The molecule has 0 aromatic heterocycles. The zero-order valence-corrected chi connectivity index (χ0v) is 7.01. The molecule has 3 nitrogen and oxygen atoms in total. The Morgan fingerprint density at radius 2 is 1.54 bits per heavy atom. The molecule has 0 fully saturated rings. The van der Waals surface area contributed by atoms with Crippen molar-refractivity contribution in [1.29, 1.82) is 0 Å². The van der Waals surface area contributed by atoms with E-state index in [9.17, 15) is 0 Å². The molecule has 0 bridgehead atoms. The van der Waals surface area contributed by atoms with Gasteiger partial charge in [-0.15, -0.1) is 0 Å². The lowest BCUT2D eigenvalue weighted by Crippen LogP contribution is -1.90. The first kappa shape index (κ1) is 7.73. The standard InChI is InChI=1S/C10H9N3/c11-5-8-6-12-9-3-1-2-4-10(9)13-7-8/h1-7H,11H2. The normalized spacial score (nSPS) is 13.7. The molecule has 1 aliphatic heterocycles. The van der Waals surface area contributed by atoms with Gasteiger partial charge in [0, 0.05) is 24.2 Å². The van der Waals surface area contributed by atoms with Crippen molar-refractivity contribution >= 4 is 23.8 Å². The van der Waals surface area contributed by atoms with Crippen molar-refractivity contribution in [3.63, 3.8) is 0 Å². The fraction of sp³-hybridized carbons (Fsp3) is 0. The van der Waals surface area contributed by atoms with E-state index >= 15 is 0 Å². The van der Waals surface area contributed by atoms with Crippen LogP contribution in [0.5, 0.6) is 0 Å². The van der Waals surface area contributed by atoms with Gasteiger partial charge in [-0.25, -0.2) is 0 Å². The predicted octanol–water partition coefficient (Wildman–Crippen LogP) is 1.95. The van der Waals surface area contributed by atoms with Crippen LogP contribution in [0.4, 0.5) is 11.4 Å². The highest BCUT2D eigenvalue weighted by atomic mass is 14.8. The maximum absolute atomic E-state index is 5.36. The lowest BCUT2D eigenvalue weighted by Gasteiger charge is -1.94. The predicted molar refractivity (Wildman–Crippen MR) is 55.0 cm³/mol. The van der Waals surface area contributed by atoms with Crippen molar-refractivity contribution in [2.75, 3.05) is 0 Å². The van der Waals surface area contributed by atoms with Crippen LogP contribution in [0, 0.1) is 0 Å². The molecule has 64 valence electrons. The summed E-state index contributed by atoms with van der Waals surface area (Å²) in [4.78, 5) is 8.48. The molecule has 0 amide bonds. The second-order valence-corrected chi connectivity index (χ2v) is 2.67. The summed E-state index contributed by atoms with van der Waals surface area (Å²) in [5, 5.41) is 0. The van der Waals surface area contributed by atoms with Crippen molar-refractivity contribution in [2.45, 2.75) is 0 Å². The Hall–Kier alpha value is -1.90. The third-order valence-electron chi connectivity index (χ3n) is 1.78. The first-order valence-electron chi connectivity index (χ1n) is 3.99. The van der Waals surface area contributed by atoms with E-state index in [1.807, 2.05) is 24.3 Å². The van der Waals surface area contributed by atoms with Crippen LogP contribution in [0.25, 0.3) is 0 Å². The molecule has 1 aromatic rings. The number of nitrogens with zero attached hydrogens (tertiary/aromatic N) is 2. The van der Waals surface area contributed by atoms with Crippen LogP contribution in [0.2, 0.25) is 0 Å². The molecule has 0 atom stereocenters. The smallest absolute Gasteiger partial charge is 0.0886 e. The summed E-state index contributed by atoms with van der Waals surface area (Å²) in [6.07, 6.45) is 4.89. The van der Waals surface area contributed by atoms with Gasteiger partial charge in [-0.3, -0.25) is 9.98 Å². The quantitative estimate of drug-likeness (QED) is 0.637. The summed E-state index contributed by atoms with van der Waals surface area (Å²) in [7, 11) is 0. The summed E-state index contributed by atoms with van der Waals surface area (Å²) < 4.78 is 0. The van der Waals surface area contributed by atoms with Crippen LogP contribution >= 0.6 is 0 Å². The minimum atomic E-state index is 0.816. The molecule has 0 saturated heterocycles. The van der Waals surface area contributed by atoms with Gasteiger partial charge in [0.15, 0.2) is 0 Å². The van der Waals surface area contributed by atoms with Gasteiger partial charge < -0.3 is 5.73 Å². The van der Waals surface area contributed by atoms with E-state index in [0.29, 0.717) is 0 Å². The number of allylic oxidation sites excluding steroid dienone is 1. The Balaban J connectivity index is 2.53. The van der Waals surface area contributed by atoms with Crippen LogP contribution in [0.15, 0.2) is 46.0 Å². The fourth-order valence-electron chi connectivity index (χ4n) is 1.09.